The minimum absolute atomic E-state index is 0.0776. The summed E-state index contributed by atoms with van der Waals surface area (Å²) < 4.78 is 122. The van der Waals surface area contributed by atoms with Crippen LogP contribution in [0.3, 0.4) is 0 Å². The number of fused-ring (bicyclic) bond motifs is 3. The number of halogens is 1. The second-order valence-corrected chi connectivity index (χ2v) is 41.3. The number of aliphatic hydroxyl groups is 2. The number of benzene rings is 4. The van der Waals surface area contributed by atoms with E-state index in [2.05, 4.69) is 109 Å². The number of ether oxygens (including phenoxy) is 4. The largest absolute Gasteiger partial charge is 0.469 e. The molecule has 16 rings (SSSR count). The molecule has 6 aliphatic rings. The SMILES string of the molecule is CCc1ccc2c(c1)C(c1cc(C(=O)c3cncnc3N[C@@H]3C[C@H](COS(N)(=O)=O)[C@@H](O)C3)sc1C)OCC2.Cc1ccc2c(c1)C(c1cc(C(=O)c3cncnc3N[C@@H]3C[C@H](COS(N)(=O)=O)[C@@H](O)C3)sc1C)OCC2.Cc1sc(C(=O)c2cncnc2N[C@@H]2C[C@H](COS(N)(=O)=O)[C@@H](OC(=O)c3cccc(COP(=O)(O)O)c3)C2)cc1[C@@H]1OCCc2ccc(Cl)cc21. The van der Waals surface area contributed by atoms with Crippen molar-refractivity contribution in [3.63, 3.8) is 0 Å². The molecule has 12 atom stereocenters. The lowest BCUT2D eigenvalue weighted by Crippen LogP contribution is -2.28. The quantitative estimate of drug-likeness (QED) is 0.0114. The molecule has 0 amide bonds. The molecule has 4 aromatic carbocycles. The molecule has 13 N–H and O–H groups in total. The van der Waals surface area contributed by atoms with Crippen molar-refractivity contribution in [2.45, 2.75) is 160 Å². The van der Waals surface area contributed by atoms with Crippen LogP contribution in [0, 0.1) is 45.4 Å². The van der Waals surface area contributed by atoms with Crippen molar-refractivity contribution < 1.29 is 105 Å². The zero-order valence-corrected chi connectivity index (χ0v) is 76.9. The number of esters is 1. The van der Waals surface area contributed by atoms with Gasteiger partial charge in [0.1, 0.15) is 60.9 Å². The van der Waals surface area contributed by atoms with Crippen LogP contribution in [0.15, 0.2) is 135 Å². The summed E-state index contributed by atoms with van der Waals surface area (Å²) in [7, 11) is -17.2. The number of aromatic nitrogens is 6. The van der Waals surface area contributed by atoms with Crippen molar-refractivity contribution in [1.29, 1.82) is 0 Å². The van der Waals surface area contributed by atoms with Gasteiger partial charge in [-0.15, -0.1) is 34.0 Å². The molecule has 0 radical (unpaired) electrons. The first-order chi connectivity index (χ1) is 61.3. The van der Waals surface area contributed by atoms with Gasteiger partial charge in [0, 0.05) is 80.5 Å². The van der Waals surface area contributed by atoms with Gasteiger partial charge in [-0.2, -0.15) is 25.3 Å². The molecular weight excluding hydrogens is 1830 g/mol. The van der Waals surface area contributed by atoms with E-state index in [1.807, 2.05) is 57.2 Å². The molecule has 3 saturated carbocycles. The number of nitrogens with zero attached hydrogens (tertiary/aromatic N) is 6. The molecule has 686 valence electrons. The Kier molecular flexibility index (Phi) is 30.8. The van der Waals surface area contributed by atoms with Gasteiger partial charge < -0.3 is 54.9 Å². The van der Waals surface area contributed by atoms with Crippen LogP contribution in [0.5, 0.6) is 0 Å². The number of hydrogen-bond donors (Lipinski definition) is 10. The molecule has 9 heterocycles. The summed E-state index contributed by atoms with van der Waals surface area (Å²) in [6.45, 7) is 10.6. The molecule has 3 aliphatic carbocycles. The maximum absolute atomic E-state index is 14.0. The highest BCUT2D eigenvalue weighted by Crippen LogP contribution is 2.45. The first-order valence-corrected chi connectivity index (χ1v) is 50.0. The molecule has 2 unspecified atom stereocenters. The van der Waals surface area contributed by atoms with E-state index >= 15 is 0 Å². The average molecular weight is 1920 g/mol. The van der Waals surface area contributed by atoms with Crippen LogP contribution in [-0.2, 0) is 104 Å². The number of anilines is 3. The highest BCUT2D eigenvalue weighted by atomic mass is 35.5. The van der Waals surface area contributed by atoms with Crippen LogP contribution in [0.4, 0.5) is 17.5 Å². The Balaban J connectivity index is 0.000000159. The monoisotopic (exact) mass is 1920 g/mol. The van der Waals surface area contributed by atoms with Gasteiger partial charge in [0.2, 0.25) is 17.3 Å². The third-order valence-corrected chi connectivity index (χ3v) is 28.5. The molecule has 0 saturated heterocycles. The van der Waals surface area contributed by atoms with Crippen molar-refractivity contribution in [2.75, 3.05) is 55.6 Å². The van der Waals surface area contributed by atoms with Crippen LogP contribution in [0.1, 0.15) is 201 Å². The first-order valence-electron chi connectivity index (χ1n) is 41.2. The Morgan fingerprint density at radius 3 is 1.34 bits per heavy atom. The number of hydrogen-bond acceptors (Lipinski definition) is 33. The van der Waals surface area contributed by atoms with E-state index in [0.29, 0.717) is 93.5 Å². The maximum Gasteiger partial charge on any atom is 0.469 e. The topological polar surface area (TPSA) is 534 Å². The van der Waals surface area contributed by atoms with Crippen molar-refractivity contribution in [2.24, 2.45) is 33.2 Å². The minimum atomic E-state index is -4.74. The van der Waals surface area contributed by atoms with Gasteiger partial charge in [-0.25, -0.2) is 54.7 Å². The predicted octanol–water partition coefficient (Wildman–Crippen LogP) is 10.5. The van der Waals surface area contributed by atoms with Gasteiger partial charge in [0.25, 0.3) is 0 Å². The molecule has 3 fully saturated rings. The van der Waals surface area contributed by atoms with E-state index in [1.54, 1.807) is 0 Å². The second-order valence-electron chi connectivity index (χ2n) is 32.2. The number of rotatable bonds is 30. The lowest BCUT2D eigenvalue weighted by atomic mass is 9.91. The van der Waals surface area contributed by atoms with Crippen LogP contribution < -0.4 is 31.4 Å². The Bertz CT molecular complexity index is 6240. The van der Waals surface area contributed by atoms with Crippen molar-refractivity contribution >= 4 is 125 Å². The Morgan fingerprint density at radius 2 is 0.907 bits per heavy atom. The Hall–Kier alpha value is -9.09. The fraction of sp³-hybridized carbons (Fsp3) is 0.395. The van der Waals surface area contributed by atoms with E-state index in [1.165, 1.54) is 113 Å². The molecule has 129 heavy (non-hydrogen) atoms. The Morgan fingerprint density at radius 1 is 0.504 bits per heavy atom. The molecule has 6 aromatic heterocycles. The zero-order valence-electron chi connectivity index (χ0n) is 70.4. The third kappa shape index (κ3) is 24.6. The minimum Gasteiger partial charge on any atom is -0.458 e. The first kappa shape index (κ1) is 96.0. The fourth-order valence-electron chi connectivity index (χ4n) is 16.9. The van der Waals surface area contributed by atoms with E-state index in [0.717, 1.165) is 84.8 Å². The lowest BCUT2D eigenvalue weighted by Gasteiger charge is -2.27. The number of nitrogens with one attached hydrogen (secondary N) is 3. The van der Waals surface area contributed by atoms with Crippen LogP contribution in [-0.4, -0.2) is 175 Å². The van der Waals surface area contributed by atoms with E-state index in [4.69, 9.17) is 59.9 Å². The molecule has 35 nitrogen and oxygen atoms in total. The van der Waals surface area contributed by atoms with Gasteiger partial charge >= 0.3 is 44.7 Å². The fourth-order valence-corrected chi connectivity index (χ4v) is 21.5. The molecule has 3 aliphatic heterocycles. The number of thiophene rings is 3. The number of phosphoric ester groups is 1. The number of carbonyl (C=O) groups is 4. The van der Waals surface area contributed by atoms with Crippen molar-refractivity contribution in [1.82, 2.24) is 29.9 Å². The average Bonchev–Trinajstić information content (AvgIpc) is 1.67. The number of aryl methyl sites for hydroxylation is 5. The summed E-state index contributed by atoms with van der Waals surface area (Å²) in [6, 6.07) is 29.2. The predicted molar refractivity (Wildman–Crippen MR) is 479 cm³/mol. The normalized spacial score (nSPS) is 22.0. The molecule has 10 aromatic rings. The number of ketones is 3. The number of phosphoric acid groups is 1. The summed E-state index contributed by atoms with van der Waals surface area (Å²) in [6.07, 6.45) is 10.6. The standard InChI is InChI=1S/C33H34ClN4O11PS2.C27H32N4O6S2.C26H30N4O6S2/c1-18-25(31-26-11-23(34)6-5-20(26)7-8-46-31)13-29(51-18)30(39)27-14-36-17-37-32(27)38-24-10-22(16-48-52(35,44)45)28(12-24)49-33(40)21-4-2-3-19(9-21)15-47-50(41,42)43;1-3-16-4-5-17-6-7-36-26(21(17)8-16)20-11-24(38-15(20)2)25(33)22-12-29-14-30-27(22)31-19-9-18(23(32)10-19)13-37-39(28,34)35;1-14-3-4-16-5-6-35-25(20(16)7-14)19-10-23(37-15(19)2)24(32)21-11-28-13-29-26(21)30-18-8-17(22(31)9-18)12-36-38(27,33)34/h2-6,9,11,13-14,17,22,24,28,31H,7-8,10,12,15-16H2,1H3,(H2,35,44,45)(H,36,37,38)(H2,41,42,43);4-5,8,11-12,14,18-19,23,26,32H,3,6-7,9-10,13H2,1-2H3,(H2,28,34,35)(H,29,30,31);3-4,7,10-11,13,17-18,22,25,31H,5-6,8-9,12H2,1-2H3,(H2,27,33,34)(H,28,29,30)/t22-,24-,28+,31+;18-,19-,23+,26?;17-,18-,22+,25?/m111/s1. The van der Waals surface area contributed by atoms with Gasteiger partial charge in [0.15, 0.2) is 0 Å². The highest BCUT2D eigenvalue weighted by molar-refractivity contribution is 7.84. The van der Waals surface area contributed by atoms with Crippen LogP contribution in [0.2, 0.25) is 5.02 Å². The summed E-state index contributed by atoms with van der Waals surface area (Å²) in [5, 5.41) is 46.0. The molecule has 0 spiro atoms. The Labute approximate surface area is 761 Å². The molecule has 43 heteroatoms. The number of carbonyl (C=O) groups excluding carboxylic acids is 4. The summed E-state index contributed by atoms with van der Waals surface area (Å²) in [5.41, 5.74) is 13.4. The van der Waals surface area contributed by atoms with Crippen molar-refractivity contribution in [3.05, 3.63) is 258 Å². The highest BCUT2D eigenvalue weighted by Gasteiger charge is 2.42. The number of aliphatic hydroxyl groups excluding tert-OH is 2. The summed E-state index contributed by atoms with van der Waals surface area (Å²) in [4.78, 5) is 102. The molecular formula is C86H96ClN12O23PS6. The zero-order chi connectivity index (χ0) is 92.0. The number of nitrogens with two attached hydrogens (primary N) is 3. The van der Waals surface area contributed by atoms with E-state index in [-0.39, 0.29) is 97.4 Å². The smallest absolute Gasteiger partial charge is 0.458 e. The second kappa shape index (κ2) is 41.4. The summed E-state index contributed by atoms with van der Waals surface area (Å²) >= 11 is 10.5. The lowest BCUT2D eigenvalue weighted by molar-refractivity contribution is 0.0150. The van der Waals surface area contributed by atoms with Gasteiger partial charge in [-0.05, 0) is 189 Å². The molecule has 0 bridgehead atoms. The van der Waals surface area contributed by atoms with Gasteiger partial charge in [-0.1, -0.05) is 78.7 Å². The van der Waals surface area contributed by atoms with E-state index in [9.17, 15) is 59.2 Å². The van der Waals surface area contributed by atoms with Crippen LogP contribution in [0.25, 0.3) is 0 Å². The summed E-state index contributed by atoms with van der Waals surface area (Å²) in [5.74, 6) is -2.01. The van der Waals surface area contributed by atoms with Gasteiger partial charge in [0.05, 0.1) is 95.3 Å². The third-order valence-electron chi connectivity index (χ3n) is 23.2. The van der Waals surface area contributed by atoms with E-state index < -0.39 is 93.4 Å². The van der Waals surface area contributed by atoms with Crippen molar-refractivity contribution in [3.8, 4) is 0 Å². The van der Waals surface area contributed by atoms with Crippen LogP contribution >= 0.6 is 53.4 Å². The van der Waals surface area contributed by atoms with Gasteiger partial charge in [-0.3, -0.25) is 31.5 Å². The maximum atomic E-state index is 14.0.